The van der Waals surface area contributed by atoms with Crippen LogP contribution in [0, 0.1) is 5.92 Å². The molecule has 0 saturated carbocycles. The van der Waals surface area contributed by atoms with Gasteiger partial charge in [-0.05, 0) is 30.5 Å². The van der Waals surface area contributed by atoms with Gasteiger partial charge >= 0.3 is 0 Å². The molecule has 0 spiro atoms. The van der Waals surface area contributed by atoms with Crippen molar-refractivity contribution in [2.24, 2.45) is 5.92 Å². The Bertz CT molecular complexity index is 687. The Hall–Kier alpha value is -1.65. The number of rotatable bonds is 5. The first-order valence-electron chi connectivity index (χ1n) is 8.99. The zero-order valence-corrected chi connectivity index (χ0v) is 16.3. The first-order chi connectivity index (χ1) is 12.1. The largest absolute Gasteiger partial charge is 0.341 e. The summed E-state index contributed by atoms with van der Waals surface area (Å²) < 4.78 is 1.11. The number of hydrogen-bond acceptors (Lipinski definition) is 1. The van der Waals surface area contributed by atoms with Gasteiger partial charge in [-0.15, -0.1) is 0 Å². The van der Waals surface area contributed by atoms with Crippen LogP contribution in [0.1, 0.15) is 24.0 Å². The molecule has 1 aliphatic heterocycles. The van der Waals surface area contributed by atoms with Crippen molar-refractivity contribution < 1.29 is 9.69 Å². The summed E-state index contributed by atoms with van der Waals surface area (Å²) in [7, 11) is 1.93. The van der Waals surface area contributed by atoms with Gasteiger partial charge in [-0.2, -0.15) is 0 Å². The van der Waals surface area contributed by atoms with Gasteiger partial charge in [0.1, 0.15) is 6.54 Å². The fraction of sp³-hybridized carbons (Fsp3) is 0.381. The van der Waals surface area contributed by atoms with Gasteiger partial charge in [0, 0.05) is 23.6 Å². The molecular weight excluding hydrogens is 376 g/mol. The number of amides is 1. The van der Waals surface area contributed by atoms with E-state index in [4.69, 9.17) is 0 Å². The highest BCUT2D eigenvalue weighted by Crippen LogP contribution is 2.14. The molecule has 1 saturated heterocycles. The van der Waals surface area contributed by atoms with E-state index in [2.05, 4.69) is 52.3 Å². The van der Waals surface area contributed by atoms with E-state index in [1.165, 1.54) is 16.0 Å². The van der Waals surface area contributed by atoms with Crippen LogP contribution in [-0.4, -0.2) is 30.9 Å². The maximum absolute atomic E-state index is 12.9. The monoisotopic (exact) mass is 401 g/mol. The third-order valence-corrected chi connectivity index (χ3v) is 5.50. The predicted molar refractivity (Wildman–Crippen MR) is 104 cm³/mol. The van der Waals surface area contributed by atoms with E-state index < -0.39 is 0 Å². The Morgan fingerprint density at radius 1 is 1.12 bits per heavy atom. The summed E-state index contributed by atoms with van der Waals surface area (Å²) >= 11 is 3.49. The van der Waals surface area contributed by atoms with Crippen molar-refractivity contribution in [2.75, 3.05) is 20.1 Å². The van der Waals surface area contributed by atoms with Crippen LogP contribution >= 0.6 is 15.9 Å². The molecule has 0 radical (unpaired) electrons. The fourth-order valence-electron chi connectivity index (χ4n) is 3.66. The van der Waals surface area contributed by atoms with E-state index in [1.54, 1.807) is 0 Å². The lowest BCUT2D eigenvalue weighted by atomic mass is 9.96. The summed E-state index contributed by atoms with van der Waals surface area (Å²) in [5, 5.41) is 0. The van der Waals surface area contributed by atoms with E-state index in [1.807, 2.05) is 30.1 Å². The number of hydrogen-bond donors (Lipinski definition) is 1. The van der Waals surface area contributed by atoms with Crippen molar-refractivity contribution >= 4 is 21.8 Å². The van der Waals surface area contributed by atoms with Crippen LogP contribution in [0.3, 0.4) is 0 Å². The number of carbonyl (C=O) groups is 1. The third kappa shape index (κ3) is 5.16. The van der Waals surface area contributed by atoms with E-state index >= 15 is 0 Å². The highest BCUT2D eigenvalue weighted by atomic mass is 79.9. The zero-order chi connectivity index (χ0) is 17.6. The summed E-state index contributed by atoms with van der Waals surface area (Å²) in [6, 6.07) is 18.7. The molecule has 3 rings (SSSR count). The van der Waals surface area contributed by atoms with Crippen LogP contribution in [0.5, 0.6) is 0 Å². The average molecular weight is 402 g/mol. The molecule has 1 heterocycles. The quantitative estimate of drug-likeness (QED) is 0.818. The second kappa shape index (κ2) is 8.63. The lowest BCUT2D eigenvalue weighted by molar-refractivity contribution is -0.921. The number of carbonyl (C=O) groups excluding carboxylic acids is 1. The molecule has 132 valence electrons. The molecule has 1 N–H and O–H groups in total. The number of quaternary nitrogens is 1. The van der Waals surface area contributed by atoms with Crippen molar-refractivity contribution in [3.63, 3.8) is 0 Å². The second-order valence-electron chi connectivity index (χ2n) is 7.03. The molecule has 2 aromatic rings. The molecule has 0 aliphatic carbocycles. The van der Waals surface area contributed by atoms with Gasteiger partial charge in [-0.3, -0.25) is 4.79 Å². The predicted octanol–water partition coefficient (Wildman–Crippen LogP) is 2.90. The lowest BCUT2D eigenvalue weighted by Gasteiger charge is -2.31. The molecule has 0 aromatic heterocycles. The maximum Gasteiger partial charge on any atom is 0.231 e. The Morgan fingerprint density at radius 2 is 1.84 bits per heavy atom. The van der Waals surface area contributed by atoms with Gasteiger partial charge in [0.05, 0.1) is 19.0 Å². The van der Waals surface area contributed by atoms with Gasteiger partial charge in [0.15, 0.2) is 0 Å². The number of benzene rings is 2. The Kier molecular flexibility index (Phi) is 6.27. The Labute approximate surface area is 158 Å². The summed E-state index contributed by atoms with van der Waals surface area (Å²) in [5.41, 5.74) is 2.53. The highest BCUT2D eigenvalue weighted by molar-refractivity contribution is 9.10. The van der Waals surface area contributed by atoms with Crippen molar-refractivity contribution in [1.29, 1.82) is 0 Å². The van der Waals surface area contributed by atoms with Crippen LogP contribution in [0.2, 0.25) is 0 Å². The molecule has 1 unspecified atom stereocenters. The molecule has 1 aliphatic rings. The molecule has 4 heteroatoms. The minimum absolute atomic E-state index is 0.146. The van der Waals surface area contributed by atoms with Gasteiger partial charge in [-0.25, -0.2) is 0 Å². The van der Waals surface area contributed by atoms with E-state index in [0.29, 0.717) is 6.54 Å². The molecule has 2 aromatic carbocycles. The van der Waals surface area contributed by atoms with Crippen LogP contribution < -0.4 is 4.90 Å². The summed E-state index contributed by atoms with van der Waals surface area (Å²) in [6.45, 7) is 3.79. The van der Waals surface area contributed by atoms with Gasteiger partial charge in [0.25, 0.3) is 0 Å². The minimum Gasteiger partial charge on any atom is -0.341 e. The van der Waals surface area contributed by atoms with Gasteiger partial charge < -0.3 is 9.80 Å². The van der Waals surface area contributed by atoms with Crippen molar-refractivity contribution in [1.82, 2.24) is 4.90 Å². The lowest BCUT2D eigenvalue weighted by Crippen LogP contribution is -3.12. The highest BCUT2D eigenvalue weighted by Gasteiger charge is 2.30. The number of piperidine rings is 1. The van der Waals surface area contributed by atoms with Crippen LogP contribution in [0.4, 0.5) is 0 Å². The number of likely N-dealkylation sites (tertiary alicyclic amines) is 1. The summed E-state index contributed by atoms with van der Waals surface area (Å²) in [6.07, 6.45) is 2.14. The minimum atomic E-state index is 0.146. The molecule has 1 amide bonds. The summed E-state index contributed by atoms with van der Waals surface area (Å²) in [5.74, 6) is 0.435. The van der Waals surface area contributed by atoms with Gasteiger partial charge in [-0.1, -0.05) is 58.4 Å². The third-order valence-electron chi connectivity index (χ3n) is 4.97. The molecule has 2 atom stereocenters. The number of nitrogens with zero attached hydrogens (tertiary/aromatic N) is 1. The SMILES string of the molecule is CN(Cc1ccccc1)C(=O)[C@H]1CCC[NH+](Cc2ccc(Br)cc2)C1. The molecular formula is C21H26BrN2O+. The molecule has 1 fully saturated rings. The summed E-state index contributed by atoms with van der Waals surface area (Å²) in [4.78, 5) is 16.3. The number of halogens is 1. The number of nitrogens with one attached hydrogen (secondary N) is 1. The van der Waals surface area contributed by atoms with Crippen molar-refractivity contribution in [2.45, 2.75) is 25.9 Å². The van der Waals surface area contributed by atoms with Crippen molar-refractivity contribution in [3.05, 3.63) is 70.2 Å². The Morgan fingerprint density at radius 3 is 2.56 bits per heavy atom. The van der Waals surface area contributed by atoms with Crippen molar-refractivity contribution in [3.8, 4) is 0 Å². The van der Waals surface area contributed by atoms with Crippen LogP contribution in [0.15, 0.2) is 59.1 Å². The molecule has 25 heavy (non-hydrogen) atoms. The van der Waals surface area contributed by atoms with Crippen LogP contribution in [-0.2, 0) is 17.9 Å². The Balaban J connectivity index is 1.56. The second-order valence-corrected chi connectivity index (χ2v) is 7.94. The van der Waals surface area contributed by atoms with E-state index in [-0.39, 0.29) is 11.8 Å². The normalized spacial score (nSPS) is 20.2. The standard InChI is InChI=1S/C21H25BrN2O/c1-23(14-17-6-3-2-4-7-17)21(25)19-8-5-13-24(16-19)15-18-9-11-20(22)12-10-18/h2-4,6-7,9-12,19H,5,8,13-16H2,1H3/p+1/t19-/m0/s1. The molecule has 0 bridgehead atoms. The molecule has 3 nitrogen and oxygen atoms in total. The topological polar surface area (TPSA) is 24.8 Å². The first kappa shape index (κ1) is 18.2. The smallest absolute Gasteiger partial charge is 0.231 e. The van der Waals surface area contributed by atoms with E-state index in [0.717, 1.165) is 36.9 Å². The maximum atomic E-state index is 12.9. The average Bonchev–Trinajstić information content (AvgIpc) is 2.64. The van der Waals surface area contributed by atoms with Crippen LogP contribution in [0.25, 0.3) is 0 Å². The zero-order valence-electron chi connectivity index (χ0n) is 14.7. The fourth-order valence-corrected chi connectivity index (χ4v) is 3.92. The van der Waals surface area contributed by atoms with E-state index in [9.17, 15) is 4.79 Å². The first-order valence-corrected chi connectivity index (χ1v) is 9.78. The van der Waals surface area contributed by atoms with Gasteiger partial charge in [0.2, 0.25) is 5.91 Å².